The van der Waals surface area contributed by atoms with Crippen LogP contribution in [-0.2, 0) is 6.54 Å². The van der Waals surface area contributed by atoms with Crippen LogP contribution in [0.4, 0.5) is 5.95 Å². The molecular formula is C16H15N5. The van der Waals surface area contributed by atoms with E-state index in [9.17, 15) is 0 Å². The van der Waals surface area contributed by atoms with Gasteiger partial charge in [0.25, 0.3) is 5.78 Å². The van der Waals surface area contributed by atoms with E-state index in [1.54, 1.807) is 0 Å². The highest BCUT2D eigenvalue weighted by Crippen LogP contribution is 2.17. The Bertz CT molecular complexity index is 904. The normalized spacial score (nSPS) is 11.3. The maximum atomic E-state index is 4.53. The van der Waals surface area contributed by atoms with Crippen molar-refractivity contribution >= 4 is 22.8 Å². The molecule has 4 aromatic rings. The summed E-state index contributed by atoms with van der Waals surface area (Å²) in [5.74, 6) is 1.41. The van der Waals surface area contributed by atoms with E-state index in [1.165, 1.54) is 11.1 Å². The molecule has 0 aliphatic heterocycles. The predicted molar refractivity (Wildman–Crippen MR) is 83.3 cm³/mol. The summed E-state index contributed by atoms with van der Waals surface area (Å²) < 4.78 is 1.90. The van der Waals surface area contributed by atoms with Crippen LogP contribution < -0.4 is 5.32 Å². The van der Waals surface area contributed by atoms with Gasteiger partial charge in [0.05, 0.1) is 11.0 Å². The average Bonchev–Trinajstić information content (AvgIpc) is 3.02. The molecule has 2 aromatic carbocycles. The van der Waals surface area contributed by atoms with Gasteiger partial charge in [-0.3, -0.25) is 5.10 Å². The molecule has 0 atom stereocenters. The van der Waals surface area contributed by atoms with Gasteiger partial charge in [-0.2, -0.15) is 4.98 Å². The number of aryl methyl sites for hydroxylation is 1. The number of aromatic amines is 1. The first kappa shape index (κ1) is 12.0. The van der Waals surface area contributed by atoms with Crippen LogP contribution in [0.3, 0.4) is 0 Å². The molecule has 0 spiro atoms. The van der Waals surface area contributed by atoms with Crippen LogP contribution in [0.25, 0.3) is 16.8 Å². The lowest BCUT2D eigenvalue weighted by atomic mass is 10.2. The zero-order valence-corrected chi connectivity index (χ0v) is 11.7. The highest BCUT2D eigenvalue weighted by Gasteiger charge is 2.09. The van der Waals surface area contributed by atoms with Crippen molar-refractivity contribution in [2.75, 3.05) is 5.32 Å². The van der Waals surface area contributed by atoms with E-state index >= 15 is 0 Å². The largest absolute Gasteiger partial charge is 0.351 e. The first-order valence-corrected chi connectivity index (χ1v) is 6.92. The fraction of sp³-hybridized carbons (Fsp3) is 0.125. The minimum atomic E-state index is 0.686. The Morgan fingerprint density at radius 2 is 1.95 bits per heavy atom. The Hall–Kier alpha value is -2.82. The van der Waals surface area contributed by atoms with Gasteiger partial charge in [0.15, 0.2) is 0 Å². The highest BCUT2D eigenvalue weighted by atomic mass is 15.4. The molecule has 0 aliphatic rings. The van der Waals surface area contributed by atoms with Gasteiger partial charge >= 0.3 is 0 Å². The number of benzene rings is 2. The van der Waals surface area contributed by atoms with Gasteiger partial charge in [0.1, 0.15) is 0 Å². The number of imidazole rings is 1. The molecule has 0 radical (unpaired) electrons. The van der Waals surface area contributed by atoms with Gasteiger partial charge in [-0.05, 0) is 30.2 Å². The third kappa shape index (κ3) is 2.12. The van der Waals surface area contributed by atoms with E-state index in [-0.39, 0.29) is 0 Å². The summed E-state index contributed by atoms with van der Waals surface area (Å²) in [4.78, 5) is 9.01. The molecule has 0 fully saturated rings. The van der Waals surface area contributed by atoms with Crippen LogP contribution in [-0.4, -0.2) is 19.6 Å². The molecule has 0 saturated carbocycles. The van der Waals surface area contributed by atoms with Crippen molar-refractivity contribution in [1.82, 2.24) is 19.6 Å². The van der Waals surface area contributed by atoms with Crippen molar-refractivity contribution in [3.63, 3.8) is 0 Å². The molecule has 2 heterocycles. The average molecular weight is 277 g/mol. The minimum absolute atomic E-state index is 0.686. The fourth-order valence-electron chi connectivity index (χ4n) is 2.45. The van der Waals surface area contributed by atoms with Crippen molar-refractivity contribution in [3.05, 3.63) is 59.7 Å². The standard InChI is InChI=1S/C16H15N5/c1-11-7-8-14-13(9-11)18-16-19-15(20-21(14)16)17-10-12-5-3-2-4-6-12/h2-9H,10H2,1H3,(H2,17,18,19,20). The molecule has 104 valence electrons. The van der Waals surface area contributed by atoms with Crippen molar-refractivity contribution in [2.24, 2.45) is 0 Å². The third-order valence-corrected chi connectivity index (χ3v) is 3.52. The van der Waals surface area contributed by atoms with Gasteiger partial charge in [-0.25, -0.2) is 9.50 Å². The van der Waals surface area contributed by atoms with Crippen LogP contribution in [0.2, 0.25) is 0 Å². The van der Waals surface area contributed by atoms with Crippen molar-refractivity contribution < 1.29 is 0 Å². The lowest BCUT2D eigenvalue weighted by molar-refractivity contribution is 0.987. The Kier molecular flexibility index (Phi) is 2.64. The van der Waals surface area contributed by atoms with Crippen molar-refractivity contribution in [1.29, 1.82) is 0 Å². The molecule has 21 heavy (non-hydrogen) atoms. The van der Waals surface area contributed by atoms with E-state index < -0.39 is 0 Å². The molecule has 0 saturated heterocycles. The summed E-state index contributed by atoms with van der Waals surface area (Å²) in [5, 5.41) is 6.53. The second-order valence-electron chi connectivity index (χ2n) is 5.15. The molecular weight excluding hydrogens is 262 g/mol. The zero-order chi connectivity index (χ0) is 14.2. The molecule has 2 N–H and O–H groups in total. The van der Waals surface area contributed by atoms with Gasteiger partial charge in [0.2, 0.25) is 5.95 Å². The molecule has 0 aliphatic carbocycles. The van der Waals surface area contributed by atoms with Gasteiger partial charge in [-0.1, -0.05) is 36.4 Å². The van der Waals surface area contributed by atoms with Crippen LogP contribution in [0.1, 0.15) is 11.1 Å². The Morgan fingerprint density at radius 3 is 2.81 bits per heavy atom. The molecule has 5 nitrogen and oxygen atoms in total. The number of rotatable bonds is 3. The van der Waals surface area contributed by atoms with E-state index in [4.69, 9.17) is 0 Å². The van der Waals surface area contributed by atoms with Crippen molar-refractivity contribution in [2.45, 2.75) is 13.5 Å². The van der Waals surface area contributed by atoms with E-state index in [2.05, 4.69) is 57.6 Å². The van der Waals surface area contributed by atoms with Gasteiger partial charge < -0.3 is 5.32 Å². The molecule has 0 unspecified atom stereocenters. The van der Waals surface area contributed by atoms with Crippen LogP contribution >= 0.6 is 0 Å². The highest BCUT2D eigenvalue weighted by molar-refractivity contribution is 5.80. The summed E-state index contributed by atoms with van der Waals surface area (Å²) in [6.45, 7) is 2.79. The number of fused-ring (bicyclic) bond motifs is 3. The lowest BCUT2D eigenvalue weighted by Crippen LogP contribution is -2.01. The summed E-state index contributed by atoms with van der Waals surface area (Å²) >= 11 is 0. The first-order chi connectivity index (χ1) is 10.3. The fourth-order valence-corrected chi connectivity index (χ4v) is 2.45. The van der Waals surface area contributed by atoms with Crippen molar-refractivity contribution in [3.8, 4) is 0 Å². The molecule has 4 rings (SSSR count). The van der Waals surface area contributed by atoms with Gasteiger partial charge in [-0.15, -0.1) is 0 Å². The third-order valence-electron chi connectivity index (χ3n) is 3.52. The SMILES string of the molecule is Cc1ccc2c(c1)nc1nc(NCc3ccccc3)[nH]n12. The second-order valence-corrected chi connectivity index (χ2v) is 5.15. The zero-order valence-electron chi connectivity index (χ0n) is 11.7. The van der Waals surface area contributed by atoms with E-state index in [0.29, 0.717) is 5.78 Å². The smallest absolute Gasteiger partial charge is 0.253 e. The van der Waals surface area contributed by atoms with Crippen LogP contribution in [0.15, 0.2) is 48.5 Å². The maximum Gasteiger partial charge on any atom is 0.253 e. The van der Waals surface area contributed by atoms with E-state index in [0.717, 1.165) is 23.5 Å². The molecule has 2 aromatic heterocycles. The van der Waals surface area contributed by atoms with Crippen LogP contribution in [0, 0.1) is 6.92 Å². The Labute approximate surface area is 121 Å². The lowest BCUT2D eigenvalue weighted by Gasteiger charge is -2.02. The van der Waals surface area contributed by atoms with E-state index in [1.807, 2.05) is 22.7 Å². The molecule has 0 bridgehead atoms. The minimum Gasteiger partial charge on any atom is -0.351 e. The predicted octanol–water partition coefficient (Wildman–Crippen LogP) is 3.13. The number of anilines is 1. The number of nitrogens with zero attached hydrogens (tertiary/aromatic N) is 3. The number of nitrogens with one attached hydrogen (secondary N) is 2. The quantitative estimate of drug-likeness (QED) is 0.605. The Morgan fingerprint density at radius 1 is 1.10 bits per heavy atom. The molecule has 0 amide bonds. The monoisotopic (exact) mass is 277 g/mol. The number of H-pyrrole nitrogens is 1. The summed E-state index contributed by atoms with van der Waals surface area (Å²) in [6.07, 6.45) is 0. The number of aromatic nitrogens is 4. The second kappa shape index (κ2) is 4.63. The first-order valence-electron chi connectivity index (χ1n) is 6.92. The summed E-state index contributed by atoms with van der Waals surface area (Å²) in [7, 11) is 0. The Balaban J connectivity index is 1.65. The van der Waals surface area contributed by atoms with Gasteiger partial charge in [0, 0.05) is 6.54 Å². The van der Waals surface area contributed by atoms with Crippen LogP contribution in [0.5, 0.6) is 0 Å². The molecule has 5 heteroatoms. The number of hydrogen-bond donors (Lipinski definition) is 2. The topological polar surface area (TPSA) is 58.0 Å². The number of hydrogen-bond acceptors (Lipinski definition) is 3. The summed E-state index contributed by atoms with van der Waals surface area (Å²) in [6, 6.07) is 16.4. The maximum absolute atomic E-state index is 4.53. The summed E-state index contributed by atoms with van der Waals surface area (Å²) in [5.41, 5.74) is 4.41.